The number of amides is 3. The van der Waals surface area contributed by atoms with E-state index in [-0.39, 0.29) is 17.6 Å². The van der Waals surface area contributed by atoms with E-state index in [0.717, 1.165) is 31.2 Å². The minimum atomic E-state index is -0.454. The molecule has 2 rings (SSSR count). The van der Waals surface area contributed by atoms with Gasteiger partial charge in [0.25, 0.3) is 0 Å². The molecule has 0 radical (unpaired) electrons. The van der Waals surface area contributed by atoms with Crippen LogP contribution >= 0.6 is 0 Å². The number of likely N-dealkylation sites (tertiary alicyclic amines) is 1. The van der Waals surface area contributed by atoms with Crippen LogP contribution < -0.4 is 11.1 Å². The highest BCUT2D eigenvalue weighted by atomic mass is 16.3. The number of aromatic hydroxyl groups is 1. The van der Waals surface area contributed by atoms with Gasteiger partial charge in [0, 0.05) is 19.6 Å². The molecule has 22 heavy (non-hydrogen) atoms. The third kappa shape index (κ3) is 4.65. The quantitative estimate of drug-likeness (QED) is 0.714. The highest BCUT2D eigenvalue weighted by Crippen LogP contribution is 2.16. The molecule has 0 aromatic heterocycles. The van der Waals surface area contributed by atoms with E-state index in [0.29, 0.717) is 19.6 Å². The molecular weight excluding hydrogens is 282 g/mol. The first-order valence-corrected chi connectivity index (χ1v) is 7.66. The van der Waals surface area contributed by atoms with Crippen molar-refractivity contribution in [1.29, 1.82) is 0 Å². The topological polar surface area (TPSA) is 95.7 Å². The van der Waals surface area contributed by atoms with Gasteiger partial charge in [-0.1, -0.05) is 12.1 Å². The van der Waals surface area contributed by atoms with Crippen LogP contribution in [-0.4, -0.2) is 41.6 Å². The summed E-state index contributed by atoms with van der Waals surface area (Å²) in [5.74, 6) is 0.0972. The Kier molecular flexibility index (Phi) is 5.63. The number of hydrogen-bond donors (Lipinski definition) is 3. The number of phenols is 1. The fraction of sp³-hybridized carbons (Fsp3) is 0.500. The first kappa shape index (κ1) is 16.1. The normalized spacial score (nSPS) is 18.0. The number of benzene rings is 1. The van der Waals surface area contributed by atoms with Crippen LogP contribution in [0.1, 0.15) is 24.8 Å². The number of nitrogens with two attached hydrogens (primary N) is 1. The van der Waals surface area contributed by atoms with Crippen molar-refractivity contribution >= 4 is 11.9 Å². The number of primary amides is 1. The zero-order valence-corrected chi connectivity index (χ0v) is 12.6. The van der Waals surface area contributed by atoms with Crippen molar-refractivity contribution in [3.63, 3.8) is 0 Å². The Balaban J connectivity index is 1.69. The van der Waals surface area contributed by atoms with E-state index in [1.54, 1.807) is 12.1 Å². The van der Waals surface area contributed by atoms with E-state index in [1.165, 1.54) is 4.90 Å². The minimum Gasteiger partial charge on any atom is -0.508 e. The molecule has 1 saturated heterocycles. The Hall–Kier alpha value is -2.24. The number of urea groups is 1. The van der Waals surface area contributed by atoms with Crippen LogP contribution in [0, 0.1) is 5.92 Å². The summed E-state index contributed by atoms with van der Waals surface area (Å²) in [7, 11) is 0. The molecule has 1 aliphatic rings. The van der Waals surface area contributed by atoms with Crippen LogP contribution in [0.4, 0.5) is 4.79 Å². The molecule has 4 N–H and O–H groups in total. The Morgan fingerprint density at radius 1 is 1.32 bits per heavy atom. The largest absolute Gasteiger partial charge is 0.508 e. The summed E-state index contributed by atoms with van der Waals surface area (Å²) in [4.78, 5) is 24.8. The first-order valence-electron chi connectivity index (χ1n) is 7.66. The van der Waals surface area contributed by atoms with Gasteiger partial charge in [-0.3, -0.25) is 4.79 Å². The van der Waals surface area contributed by atoms with Gasteiger partial charge in [-0.15, -0.1) is 0 Å². The van der Waals surface area contributed by atoms with Gasteiger partial charge in [-0.05, 0) is 43.4 Å². The molecule has 6 heteroatoms. The Bertz CT molecular complexity index is 516. The highest BCUT2D eigenvalue weighted by Gasteiger charge is 2.26. The molecule has 1 aromatic carbocycles. The highest BCUT2D eigenvalue weighted by molar-refractivity contribution is 5.80. The van der Waals surface area contributed by atoms with Gasteiger partial charge in [-0.25, -0.2) is 4.79 Å². The fourth-order valence-corrected chi connectivity index (χ4v) is 2.70. The molecule has 0 aliphatic carbocycles. The van der Waals surface area contributed by atoms with Crippen molar-refractivity contribution in [2.45, 2.75) is 25.7 Å². The number of hydrogen-bond acceptors (Lipinski definition) is 3. The maximum absolute atomic E-state index is 12.1. The van der Waals surface area contributed by atoms with Crippen molar-refractivity contribution < 1.29 is 14.7 Å². The Morgan fingerprint density at radius 3 is 2.73 bits per heavy atom. The predicted molar refractivity (Wildman–Crippen MR) is 83.3 cm³/mol. The Labute approximate surface area is 130 Å². The standard InChI is InChI=1S/C16H23N3O3/c17-16(22)19-10-2-4-13(11-19)15(21)18-9-1-3-12-5-7-14(20)8-6-12/h5-8,13,20H,1-4,9-11H2,(H2,17,22)(H,18,21)/t13-/m1/s1. The van der Waals surface area contributed by atoms with Gasteiger partial charge >= 0.3 is 6.03 Å². The summed E-state index contributed by atoms with van der Waals surface area (Å²) >= 11 is 0. The van der Waals surface area contributed by atoms with Crippen LogP contribution in [0.25, 0.3) is 0 Å². The number of phenolic OH excluding ortho intramolecular Hbond substituents is 1. The van der Waals surface area contributed by atoms with E-state index >= 15 is 0 Å². The number of piperidine rings is 1. The van der Waals surface area contributed by atoms with Crippen molar-refractivity contribution in [3.05, 3.63) is 29.8 Å². The zero-order valence-electron chi connectivity index (χ0n) is 12.6. The lowest BCUT2D eigenvalue weighted by Crippen LogP contribution is -2.47. The molecule has 3 amide bonds. The van der Waals surface area contributed by atoms with Crippen LogP contribution in [0.5, 0.6) is 5.75 Å². The number of carbonyl (C=O) groups excluding carboxylic acids is 2. The number of rotatable bonds is 5. The molecule has 1 aromatic rings. The van der Waals surface area contributed by atoms with E-state index in [1.807, 2.05) is 12.1 Å². The minimum absolute atomic E-state index is 0.00310. The van der Waals surface area contributed by atoms with Gasteiger partial charge in [-0.2, -0.15) is 0 Å². The number of carbonyl (C=O) groups is 2. The second kappa shape index (κ2) is 7.68. The molecule has 0 bridgehead atoms. The third-order valence-corrected chi connectivity index (χ3v) is 3.98. The Morgan fingerprint density at radius 2 is 2.05 bits per heavy atom. The average Bonchev–Trinajstić information content (AvgIpc) is 2.53. The van der Waals surface area contributed by atoms with E-state index in [9.17, 15) is 14.7 Å². The van der Waals surface area contributed by atoms with E-state index < -0.39 is 6.03 Å². The van der Waals surface area contributed by atoms with Crippen LogP contribution in [0.3, 0.4) is 0 Å². The molecule has 1 aliphatic heterocycles. The van der Waals surface area contributed by atoms with Crippen molar-refractivity contribution in [1.82, 2.24) is 10.2 Å². The number of aryl methyl sites for hydroxylation is 1. The lowest BCUT2D eigenvalue weighted by Gasteiger charge is -2.30. The molecule has 6 nitrogen and oxygen atoms in total. The zero-order chi connectivity index (χ0) is 15.9. The maximum Gasteiger partial charge on any atom is 0.314 e. The first-order chi connectivity index (χ1) is 10.6. The van der Waals surface area contributed by atoms with Gasteiger partial charge in [0.05, 0.1) is 5.92 Å². The lowest BCUT2D eigenvalue weighted by atomic mass is 9.97. The molecular formula is C16H23N3O3. The molecule has 120 valence electrons. The summed E-state index contributed by atoms with van der Waals surface area (Å²) in [5, 5.41) is 12.1. The van der Waals surface area contributed by atoms with Crippen molar-refractivity contribution in [2.75, 3.05) is 19.6 Å². The predicted octanol–water partition coefficient (Wildman–Crippen LogP) is 1.23. The fourth-order valence-electron chi connectivity index (χ4n) is 2.70. The van der Waals surface area contributed by atoms with Gasteiger partial charge in [0.1, 0.15) is 5.75 Å². The molecule has 0 unspecified atom stereocenters. The monoisotopic (exact) mass is 305 g/mol. The summed E-state index contributed by atoms with van der Waals surface area (Å²) in [6.45, 7) is 1.66. The third-order valence-electron chi connectivity index (χ3n) is 3.98. The summed E-state index contributed by atoms with van der Waals surface area (Å²) in [5.41, 5.74) is 6.39. The average molecular weight is 305 g/mol. The summed E-state index contributed by atoms with van der Waals surface area (Å²) in [6.07, 6.45) is 3.30. The molecule has 1 fully saturated rings. The number of nitrogens with zero attached hydrogens (tertiary/aromatic N) is 1. The SMILES string of the molecule is NC(=O)N1CCC[C@@H](C(=O)NCCCc2ccc(O)cc2)C1. The molecule has 1 atom stereocenters. The summed E-state index contributed by atoms with van der Waals surface area (Å²) in [6, 6.07) is 6.62. The van der Waals surface area contributed by atoms with Gasteiger partial charge in [0.15, 0.2) is 0 Å². The second-order valence-electron chi connectivity index (χ2n) is 5.68. The number of nitrogens with one attached hydrogen (secondary N) is 1. The van der Waals surface area contributed by atoms with Crippen molar-refractivity contribution in [2.24, 2.45) is 11.7 Å². The second-order valence-corrected chi connectivity index (χ2v) is 5.68. The van der Waals surface area contributed by atoms with Gasteiger partial charge in [0.2, 0.25) is 5.91 Å². The van der Waals surface area contributed by atoms with Crippen LogP contribution in [-0.2, 0) is 11.2 Å². The maximum atomic E-state index is 12.1. The van der Waals surface area contributed by atoms with E-state index in [4.69, 9.17) is 5.73 Å². The van der Waals surface area contributed by atoms with Crippen LogP contribution in [0.15, 0.2) is 24.3 Å². The van der Waals surface area contributed by atoms with E-state index in [2.05, 4.69) is 5.32 Å². The molecule has 0 spiro atoms. The van der Waals surface area contributed by atoms with Crippen molar-refractivity contribution in [3.8, 4) is 5.75 Å². The molecule has 0 saturated carbocycles. The lowest BCUT2D eigenvalue weighted by molar-refractivity contribution is -0.126. The van der Waals surface area contributed by atoms with Gasteiger partial charge < -0.3 is 21.1 Å². The summed E-state index contributed by atoms with van der Waals surface area (Å²) < 4.78 is 0. The smallest absolute Gasteiger partial charge is 0.314 e. The van der Waals surface area contributed by atoms with Crippen LogP contribution in [0.2, 0.25) is 0 Å². The molecule has 1 heterocycles.